The normalized spacial score (nSPS) is 21.8. The number of nitrogens with zero attached hydrogens (tertiary/aromatic N) is 1. The lowest BCUT2D eigenvalue weighted by atomic mass is 9.79. The van der Waals surface area contributed by atoms with Crippen molar-refractivity contribution in [3.05, 3.63) is 82.4 Å². The van der Waals surface area contributed by atoms with Gasteiger partial charge in [0.25, 0.3) is 0 Å². The Morgan fingerprint density at radius 2 is 1.48 bits per heavy atom. The van der Waals surface area contributed by atoms with Gasteiger partial charge in [-0.2, -0.15) is 0 Å². The molecule has 0 saturated carbocycles. The molecule has 6 rings (SSSR count). The summed E-state index contributed by atoms with van der Waals surface area (Å²) in [6.07, 6.45) is 12.0. The van der Waals surface area contributed by atoms with Gasteiger partial charge in [-0.05, 0) is 116 Å². The summed E-state index contributed by atoms with van der Waals surface area (Å²) in [5.74, 6) is 2.28. The fourth-order valence-corrected chi connectivity index (χ4v) is 7.42. The first-order valence-corrected chi connectivity index (χ1v) is 15.3. The summed E-state index contributed by atoms with van der Waals surface area (Å²) >= 11 is 0. The molecule has 40 heavy (non-hydrogen) atoms. The van der Waals surface area contributed by atoms with Gasteiger partial charge in [0.05, 0.1) is 14.2 Å². The van der Waals surface area contributed by atoms with Crippen LogP contribution in [0.5, 0.6) is 17.2 Å². The number of aromatic hydroxyl groups is 1. The molecule has 0 aromatic heterocycles. The van der Waals surface area contributed by atoms with Gasteiger partial charge in [-0.1, -0.05) is 30.3 Å². The van der Waals surface area contributed by atoms with Crippen LogP contribution in [0.3, 0.4) is 0 Å². The van der Waals surface area contributed by atoms with Gasteiger partial charge in [-0.25, -0.2) is 0 Å². The molecule has 2 aliphatic heterocycles. The third-order valence-electron chi connectivity index (χ3n) is 9.66. The molecule has 2 saturated heterocycles. The monoisotopic (exact) mass is 540 g/mol. The Labute approximate surface area is 239 Å². The number of phenolic OH excluding ortho intramolecular Hbond substituents is 1. The highest BCUT2D eigenvalue weighted by Gasteiger charge is 2.38. The van der Waals surface area contributed by atoms with E-state index in [4.69, 9.17) is 9.47 Å². The first-order chi connectivity index (χ1) is 19.6. The fourth-order valence-electron chi connectivity index (χ4n) is 7.42. The number of hydrogen-bond donors (Lipinski definition) is 2. The smallest absolute Gasteiger partial charge is 0.162 e. The molecule has 0 radical (unpaired) electrons. The van der Waals surface area contributed by atoms with Crippen molar-refractivity contribution in [1.29, 1.82) is 0 Å². The fraction of sp³-hybridized carbons (Fsp3) is 0.486. The van der Waals surface area contributed by atoms with E-state index >= 15 is 0 Å². The molecule has 2 fully saturated rings. The maximum atomic E-state index is 9.90. The minimum absolute atomic E-state index is 0.356. The maximum absolute atomic E-state index is 9.90. The van der Waals surface area contributed by atoms with E-state index in [0.717, 1.165) is 67.9 Å². The molecule has 1 atom stereocenters. The molecule has 5 heteroatoms. The molecule has 3 aromatic rings. The Hall–Kier alpha value is -3.18. The van der Waals surface area contributed by atoms with Crippen LogP contribution < -0.4 is 14.8 Å². The molecule has 3 aliphatic rings. The van der Waals surface area contributed by atoms with Crippen LogP contribution in [0.25, 0.3) is 0 Å². The Morgan fingerprint density at radius 3 is 2.17 bits per heavy atom. The van der Waals surface area contributed by atoms with E-state index in [9.17, 15) is 5.11 Å². The van der Waals surface area contributed by atoms with Crippen LogP contribution in [0.2, 0.25) is 0 Å². The van der Waals surface area contributed by atoms with E-state index in [-0.39, 0.29) is 0 Å². The second kappa shape index (κ2) is 12.1. The summed E-state index contributed by atoms with van der Waals surface area (Å²) in [7, 11) is 3.40. The molecule has 2 N–H and O–H groups in total. The number of ether oxygens (including phenoxy) is 2. The van der Waals surface area contributed by atoms with Gasteiger partial charge in [0.15, 0.2) is 11.5 Å². The lowest BCUT2D eigenvalue weighted by Gasteiger charge is -2.28. The van der Waals surface area contributed by atoms with E-state index in [1.165, 1.54) is 66.5 Å². The lowest BCUT2D eigenvalue weighted by Crippen LogP contribution is -2.30. The lowest BCUT2D eigenvalue weighted by molar-refractivity contribution is 0.256. The Balaban J connectivity index is 1.06. The number of hydrogen-bond acceptors (Lipinski definition) is 5. The van der Waals surface area contributed by atoms with Gasteiger partial charge in [-0.15, -0.1) is 0 Å². The molecular weight excluding hydrogens is 496 g/mol. The van der Waals surface area contributed by atoms with Gasteiger partial charge in [-0.3, -0.25) is 4.90 Å². The summed E-state index contributed by atoms with van der Waals surface area (Å²) in [6.45, 7) is 2.13. The number of methoxy groups -OCH3 is 2. The van der Waals surface area contributed by atoms with E-state index in [1.54, 1.807) is 20.3 Å². The van der Waals surface area contributed by atoms with E-state index in [2.05, 4.69) is 52.7 Å². The van der Waals surface area contributed by atoms with Crippen molar-refractivity contribution in [1.82, 2.24) is 4.90 Å². The number of anilines is 1. The zero-order valence-corrected chi connectivity index (χ0v) is 24.1. The zero-order chi connectivity index (χ0) is 27.5. The van der Waals surface area contributed by atoms with Crippen LogP contribution in [-0.4, -0.2) is 49.4 Å². The Kier molecular flexibility index (Phi) is 8.20. The molecule has 212 valence electrons. The van der Waals surface area contributed by atoms with Crippen molar-refractivity contribution in [2.75, 3.05) is 32.6 Å². The molecule has 1 aliphatic carbocycles. The highest BCUT2D eigenvalue weighted by atomic mass is 16.5. The quantitative estimate of drug-likeness (QED) is 0.259. The third kappa shape index (κ3) is 5.81. The number of phenols is 1. The van der Waals surface area contributed by atoms with Crippen molar-refractivity contribution >= 4 is 5.69 Å². The number of rotatable bonds is 11. The topological polar surface area (TPSA) is 54.0 Å². The largest absolute Gasteiger partial charge is 0.508 e. The molecule has 0 amide bonds. The van der Waals surface area contributed by atoms with Crippen LogP contribution >= 0.6 is 0 Å². The first-order valence-electron chi connectivity index (χ1n) is 15.3. The van der Waals surface area contributed by atoms with Crippen LogP contribution in [-0.2, 0) is 25.7 Å². The van der Waals surface area contributed by atoms with Gasteiger partial charge >= 0.3 is 0 Å². The molecule has 0 spiro atoms. The zero-order valence-electron chi connectivity index (χ0n) is 24.1. The van der Waals surface area contributed by atoms with Gasteiger partial charge < -0.3 is 19.9 Å². The highest BCUT2D eigenvalue weighted by Crippen LogP contribution is 2.42. The predicted molar refractivity (Wildman–Crippen MR) is 162 cm³/mol. The summed E-state index contributed by atoms with van der Waals surface area (Å²) in [5.41, 5.74) is 7.88. The summed E-state index contributed by atoms with van der Waals surface area (Å²) in [6, 6.07) is 21.1. The van der Waals surface area contributed by atoms with Crippen LogP contribution in [0.4, 0.5) is 5.69 Å². The molecule has 2 heterocycles. The number of fused-ring (bicyclic) bond motifs is 3. The van der Waals surface area contributed by atoms with Crippen molar-refractivity contribution in [2.24, 2.45) is 0 Å². The molecule has 5 nitrogen and oxygen atoms in total. The minimum atomic E-state index is 0.356. The molecule has 3 aromatic carbocycles. The number of benzene rings is 3. The number of nitrogens with one attached hydrogen (secondary N) is 1. The summed E-state index contributed by atoms with van der Waals surface area (Å²) in [5, 5.41) is 13.6. The average Bonchev–Trinajstić information content (AvgIpc) is 3.57. The molecular formula is C35H44N2O3. The van der Waals surface area contributed by atoms with Gasteiger partial charge in [0.1, 0.15) is 5.75 Å². The predicted octanol–water partition coefficient (Wildman–Crippen LogP) is 6.90. The molecule has 0 unspecified atom stereocenters. The second-order valence-corrected chi connectivity index (χ2v) is 12.0. The number of aryl methyl sites for hydroxylation is 2. The Bertz CT molecular complexity index is 1280. The van der Waals surface area contributed by atoms with Crippen molar-refractivity contribution in [2.45, 2.75) is 82.2 Å². The standard InChI is InChI=1S/C35H44N2O3/c1-39-34-22-32(28-10-9-27-21-31(38)16-11-26(27)20-28)33(23-35(34)40-2)36-18-3-4-24-5-7-25(8-6-24)17-19-37-29-12-13-30(37)15-14-29/h5-8,11,16,21-23,28-30,36,38H,3-4,9-10,12-15,17-20H2,1-2H3/t28-,29?,30?/m1/s1. The van der Waals surface area contributed by atoms with Crippen molar-refractivity contribution in [3.63, 3.8) is 0 Å². The van der Waals surface area contributed by atoms with Crippen LogP contribution in [0.1, 0.15) is 72.3 Å². The summed E-state index contributed by atoms with van der Waals surface area (Å²) < 4.78 is 11.3. The molecule has 2 bridgehead atoms. The third-order valence-corrected chi connectivity index (χ3v) is 9.66. The van der Waals surface area contributed by atoms with E-state index in [0.29, 0.717) is 11.7 Å². The second-order valence-electron chi connectivity index (χ2n) is 12.0. The van der Waals surface area contributed by atoms with Gasteiger partial charge in [0, 0.05) is 36.9 Å². The first kappa shape index (κ1) is 27.0. The Morgan fingerprint density at radius 1 is 0.800 bits per heavy atom. The summed E-state index contributed by atoms with van der Waals surface area (Å²) in [4.78, 5) is 2.78. The van der Waals surface area contributed by atoms with Crippen molar-refractivity contribution in [3.8, 4) is 17.2 Å². The van der Waals surface area contributed by atoms with Gasteiger partial charge in [0.2, 0.25) is 0 Å². The SMILES string of the molecule is COc1cc(NCCCc2ccc(CCN3C4CCC3CC4)cc2)c([C@@H]2CCc3cc(O)ccc3C2)cc1OC. The van der Waals surface area contributed by atoms with Crippen molar-refractivity contribution < 1.29 is 14.6 Å². The maximum Gasteiger partial charge on any atom is 0.162 e. The van der Waals surface area contributed by atoms with E-state index < -0.39 is 0 Å². The van der Waals surface area contributed by atoms with Crippen LogP contribution in [0.15, 0.2) is 54.6 Å². The highest BCUT2D eigenvalue weighted by molar-refractivity contribution is 5.62. The van der Waals surface area contributed by atoms with E-state index in [1.807, 2.05) is 6.07 Å². The van der Waals surface area contributed by atoms with Crippen LogP contribution in [0, 0.1) is 0 Å². The average molecular weight is 541 g/mol. The minimum Gasteiger partial charge on any atom is -0.508 e.